The second-order valence-corrected chi connectivity index (χ2v) is 10.5. The number of carbonyl (C=O) groups excluding carboxylic acids is 1. The van der Waals surface area contributed by atoms with Crippen molar-refractivity contribution in [2.24, 2.45) is 13.0 Å². The lowest BCUT2D eigenvalue weighted by Crippen LogP contribution is -2.38. The molecule has 3 heterocycles. The molecule has 8 heteroatoms. The maximum absolute atomic E-state index is 13.3. The van der Waals surface area contributed by atoms with Crippen molar-refractivity contribution in [3.05, 3.63) is 31.9 Å². The van der Waals surface area contributed by atoms with Gasteiger partial charge in [0.1, 0.15) is 21.8 Å². The fourth-order valence-corrected chi connectivity index (χ4v) is 6.29. The number of anilines is 1. The highest BCUT2D eigenvalue weighted by molar-refractivity contribution is 8.26. The van der Waals surface area contributed by atoms with Gasteiger partial charge in [0.2, 0.25) is 0 Å². The number of nitrogens with zero attached hydrogens (tertiary/aromatic N) is 4. The van der Waals surface area contributed by atoms with E-state index in [4.69, 9.17) is 12.2 Å². The SMILES string of the molecule is Cc1c(/C=C2\SC(=S)N(C3CCCC3)C2=O)c(N2CCC(C)CC2)n(C)c(=O)c1C#N. The third-order valence-electron chi connectivity index (χ3n) is 6.84. The van der Waals surface area contributed by atoms with Crippen LogP contribution >= 0.6 is 24.0 Å². The van der Waals surface area contributed by atoms with Crippen LogP contribution in [0.3, 0.4) is 0 Å². The van der Waals surface area contributed by atoms with Crippen LogP contribution in [-0.4, -0.2) is 38.8 Å². The fourth-order valence-electron chi connectivity index (χ4n) is 4.90. The second kappa shape index (κ2) is 8.79. The van der Waals surface area contributed by atoms with Crippen LogP contribution in [0.2, 0.25) is 0 Å². The highest BCUT2D eigenvalue weighted by atomic mass is 32.2. The van der Waals surface area contributed by atoms with Crippen molar-refractivity contribution in [1.29, 1.82) is 5.26 Å². The molecule has 164 valence electrons. The van der Waals surface area contributed by atoms with E-state index in [1.54, 1.807) is 23.4 Å². The summed E-state index contributed by atoms with van der Waals surface area (Å²) in [4.78, 5) is 30.7. The molecule has 0 spiro atoms. The highest BCUT2D eigenvalue weighted by Gasteiger charge is 2.38. The Morgan fingerprint density at radius 1 is 1.16 bits per heavy atom. The Labute approximate surface area is 192 Å². The standard InChI is InChI=1S/C23H28N4O2S2/c1-14-8-10-26(11-9-14)20-17(15(2)18(13-24)21(28)25(20)3)12-19-22(29)27(23(30)31-19)16-6-4-5-7-16/h12,14,16H,4-11H2,1-3H3/b19-12-. The van der Waals surface area contributed by atoms with Crippen LogP contribution in [0.4, 0.5) is 5.82 Å². The van der Waals surface area contributed by atoms with E-state index in [1.807, 2.05) is 6.08 Å². The lowest BCUT2D eigenvalue weighted by molar-refractivity contribution is -0.123. The van der Waals surface area contributed by atoms with Crippen LogP contribution < -0.4 is 10.5 Å². The first kappa shape index (κ1) is 22.1. The molecule has 0 N–H and O–H groups in total. The summed E-state index contributed by atoms with van der Waals surface area (Å²) in [7, 11) is 1.72. The summed E-state index contributed by atoms with van der Waals surface area (Å²) < 4.78 is 2.19. The van der Waals surface area contributed by atoms with Gasteiger partial charge in [-0.2, -0.15) is 5.26 Å². The number of hydrogen-bond acceptors (Lipinski definition) is 6. The van der Waals surface area contributed by atoms with Crippen molar-refractivity contribution in [3.8, 4) is 6.07 Å². The van der Waals surface area contributed by atoms with Gasteiger partial charge in [-0.25, -0.2) is 0 Å². The van der Waals surface area contributed by atoms with Gasteiger partial charge < -0.3 is 4.90 Å². The number of pyridine rings is 1. The maximum Gasteiger partial charge on any atom is 0.270 e. The van der Waals surface area contributed by atoms with Gasteiger partial charge in [-0.3, -0.25) is 19.1 Å². The van der Waals surface area contributed by atoms with E-state index in [1.165, 1.54) is 11.8 Å². The first-order chi connectivity index (χ1) is 14.8. The van der Waals surface area contributed by atoms with Crippen molar-refractivity contribution in [2.75, 3.05) is 18.0 Å². The van der Waals surface area contributed by atoms with Crippen LogP contribution in [0.5, 0.6) is 0 Å². The molecule has 1 amide bonds. The quantitative estimate of drug-likeness (QED) is 0.507. The number of aromatic nitrogens is 1. The van der Waals surface area contributed by atoms with E-state index >= 15 is 0 Å². The molecular formula is C23H28N4O2S2. The predicted octanol–water partition coefficient (Wildman–Crippen LogP) is 3.95. The molecule has 0 bridgehead atoms. The Hall–Kier alpha value is -2.11. The Kier molecular flexibility index (Phi) is 6.27. The van der Waals surface area contributed by atoms with Gasteiger partial charge in [0.05, 0.1) is 4.91 Å². The molecule has 0 unspecified atom stereocenters. The summed E-state index contributed by atoms with van der Waals surface area (Å²) in [5.41, 5.74) is 1.25. The monoisotopic (exact) mass is 456 g/mol. The summed E-state index contributed by atoms with van der Waals surface area (Å²) in [6, 6.07) is 2.26. The number of amides is 1. The van der Waals surface area contributed by atoms with Crippen molar-refractivity contribution >= 4 is 46.1 Å². The van der Waals surface area contributed by atoms with Crippen molar-refractivity contribution in [3.63, 3.8) is 0 Å². The topological polar surface area (TPSA) is 69.3 Å². The van der Waals surface area contributed by atoms with Gasteiger partial charge in [-0.15, -0.1) is 0 Å². The highest BCUT2D eigenvalue weighted by Crippen LogP contribution is 2.39. The van der Waals surface area contributed by atoms with Gasteiger partial charge in [0.25, 0.3) is 11.5 Å². The number of thioether (sulfide) groups is 1. The molecule has 0 aromatic carbocycles. The largest absolute Gasteiger partial charge is 0.357 e. The maximum atomic E-state index is 13.3. The third-order valence-corrected chi connectivity index (χ3v) is 8.17. The van der Waals surface area contributed by atoms with Gasteiger partial charge in [-0.1, -0.05) is 43.7 Å². The number of rotatable bonds is 3. The molecule has 1 aromatic rings. The first-order valence-corrected chi connectivity index (χ1v) is 12.2. The fraction of sp³-hybridized carbons (Fsp3) is 0.565. The minimum absolute atomic E-state index is 0.0492. The van der Waals surface area contributed by atoms with Gasteiger partial charge in [-0.05, 0) is 50.2 Å². The lowest BCUT2D eigenvalue weighted by atomic mass is 9.97. The number of piperidine rings is 1. The summed E-state index contributed by atoms with van der Waals surface area (Å²) in [5.74, 6) is 1.39. The lowest BCUT2D eigenvalue weighted by Gasteiger charge is -2.34. The van der Waals surface area contributed by atoms with Crippen LogP contribution in [0, 0.1) is 24.2 Å². The summed E-state index contributed by atoms with van der Waals surface area (Å²) in [5, 5.41) is 9.63. The zero-order valence-electron chi connectivity index (χ0n) is 18.3. The van der Waals surface area contributed by atoms with E-state index in [2.05, 4.69) is 17.9 Å². The number of nitriles is 1. The third kappa shape index (κ3) is 3.94. The Morgan fingerprint density at radius 2 is 1.81 bits per heavy atom. The number of carbonyl (C=O) groups is 1. The average molecular weight is 457 g/mol. The molecule has 1 saturated carbocycles. The first-order valence-electron chi connectivity index (χ1n) is 11.0. The molecule has 3 fully saturated rings. The summed E-state index contributed by atoms with van der Waals surface area (Å²) in [6.07, 6.45) is 8.21. The molecule has 0 atom stereocenters. The number of thiocarbonyl (C=S) groups is 1. The molecule has 4 rings (SSSR count). The van der Waals surface area contributed by atoms with E-state index in [0.717, 1.165) is 63.0 Å². The van der Waals surface area contributed by atoms with Gasteiger partial charge >= 0.3 is 0 Å². The smallest absolute Gasteiger partial charge is 0.270 e. The van der Waals surface area contributed by atoms with Crippen LogP contribution in [0.25, 0.3) is 6.08 Å². The minimum atomic E-state index is -0.288. The Bertz CT molecular complexity index is 1050. The van der Waals surface area contributed by atoms with Crippen LogP contribution in [-0.2, 0) is 11.8 Å². The predicted molar refractivity (Wildman–Crippen MR) is 129 cm³/mol. The van der Waals surface area contributed by atoms with Crippen LogP contribution in [0.1, 0.15) is 62.1 Å². The van der Waals surface area contributed by atoms with E-state index < -0.39 is 0 Å². The molecule has 0 radical (unpaired) electrons. The average Bonchev–Trinajstić information content (AvgIpc) is 3.36. The number of hydrogen-bond donors (Lipinski definition) is 0. The van der Waals surface area contributed by atoms with Gasteiger partial charge in [0.15, 0.2) is 0 Å². The minimum Gasteiger partial charge on any atom is -0.357 e. The van der Waals surface area contributed by atoms with Gasteiger partial charge in [0, 0.05) is 31.7 Å². The second-order valence-electron chi connectivity index (χ2n) is 8.87. The normalized spacial score (nSPS) is 22.1. The van der Waals surface area contributed by atoms with Crippen molar-refractivity contribution < 1.29 is 4.79 Å². The molecule has 6 nitrogen and oxygen atoms in total. The molecule has 2 aliphatic heterocycles. The van der Waals surface area contributed by atoms with E-state index in [-0.39, 0.29) is 23.1 Å². The molecule has 2 saturated heterocycles. The molecule has 3 aliphatic rings. The van der Waals surface area contributed by atoms with E-state index in [0.29, 0.717) is 20.7 Å². The molecule has 31 heavy (non-hydrogen) atoms. The zero-order valence-corrected chi connectivity index (χ0v) is 19.9. The van der Waals surface area contributed by atoms with E-state index in [9.17, 15) is 14.9 Å². The summed E-state index contributed by atoms with van der Waals surface area (Å²) in [6.45, 7) is 5.75. The Morgan fingerprint density at radius 3 is 2.42 bits per heavy atom. The van der Waals surface area contributed by atoms with Crippen molar-refractivity contribution in [1.82, 2.24) is 9.47 Å². The molecular weight excluding hydrogens is 428 g/mol. The Balaban J connectivity index is 1.81. The summed E-state index contributed by atoms with van der Waals surface area (Å²) >= 11 is 6.89. The van der Waals surface area contributed by atoms with Crippen molar-refractivity contribution in [2.45, 2.75) is 58.4 Å². The zero-order chi connectivity index (χ0) is 22.3. The van der Waals surface area contributed by atoms with Crippen LogP contribution in [0.15, 0.2) is 9.70 Å². The molecule has 1 aromatic heterocycles. The molecule has 1 aliphatic carbocycles.